The second-order valence-electron chi connectivity index (χ2n) is 9.01. The van der Waals surface area contributed by atoms with Gasteiger partial charge in [0.2, 0.25) is 0 Å². The Labute approximate surface area is 185 Å². The number of H-pyrrole nitrogens is 1. The molecule has 2 heterocycles. The molecule has 1 aliphatic carbocycles. The van der Waals surface area contributed by atoms with Gasteiger partial charge < -0.3 is 15.2 Å². The maximum absolute atomic E-state index is 12.8. The number of rotatable bonds is 7. The van der Waals surface area contributed by atoms with Gasteiger partial charge in [0.1, 0.15) is 6.29 Å². The van der Waals surface area contributed by atoms with E-state index in [0.29, 0.717) is 25.0 Å². The molecule has 1 saturated heterocycles. The van der Waals surface area contributed by atoms with Crippen LogP contribution in [0.15, 0.2) is 12.1 Å². The fraction of sp³-hybridized carbons (Fsp3) is 0.600. The number of aromatic nitrogens is 1. The van der Waals surface area contributed by atoms with Crippen molar-refractivity contribution in [2.45, 2.75) is 71.4 Å². The van der Waals surface area contributed by atoms with Gasteiger partial charge >= 0.3 is 6.03 Å². The zero-order valence-corrected chi connectivity index (χ0v) is 19.3. The van der Waals surface area contributed by atoms with Gasteiger partial charge in [-0.25, -0.2) is 4.79 Å². The number of urea groups is 1. The smallest absolute Gasteiger partial charge is 0.317 e. The van der Waals surface area contributed by atoms with Gasteiger partial charge in [-0.2, -0.15) is 0 Å². The van der Waals surface area contributed by atoms with Gasteiger partial charge in [-0.1, -0.05) is 13.8 Å². The van der Waals surface area contributed by atoms with Crippen LogP contribution in [-0.4, -0.2) is 65.4 Å². The molecule has 4 rings (SSSR count). The van der Waals surface area contributed by atoms with E-state index >= 15 is 0 Å². The normalized spacial score (nSPS) is 22.9. The Morgan fingerprint density at radius 1 is 1.26 bits per heavy atom. The minimum atomic E-state index is 0.0306. The molecule has 1 aromatic carbocycles. The quantitative estimate of drug-likeness (QED) is 0.658. The van der Waals surface area contributed by atoms with Gasteiger partial charge in [-0.15, -0.1) is 0 Å². The van der Waals surface area contributed by atoms with Crippen LogP contribution < -0.4 is 5.32 Å². The topological polar surface area (TPSA) is 68.4 Å². The number of aldehydes is 1. The molecule has 1 fully saturated rings. The maximum Gasteiger partial charge on any atom is 0.317 e. The van der Waals surface area contributed by atoms with Crippen molar-refractivity contribution in [1.82, 2.24) is 20.1 Å². The van der Waals surface area contributed by atoms with Gasteiger partial charge in [0.05, 0.1) is 0 Å². The predicted octanol–water partition coefficient (Wildman–Crippen LogP) is 4.09. The number of aromatic amines is 1. The number of amides is 2. The van der Waals surface area contributed by atoms with Gasteiger partial charge in [0, 0.05) is 59.8 Å². The molecule has 168 valence electrons. The lowest BCUT2D eigenvalue weighted by molar-refractivity contribution is 0.0978. The molecule has 0 bridgehead atoms. The largest absolute Gasteiger partial charge is 0.358 e. The average Bonchev–Trinajstić information content (AvgIpc) is 3.13. The van der Waals surface area contributed by atoms with Crippen LogP contribution in [0.3, 0.4) is 0 Å². The van der Waals surface area contributed by atoms with Crippen molar-refractivity contribution in [2.75, 3.05) is 26.2 Å². The number of nitrogens with zero attached hydrogens (tertiary/aromatic N) is 2. The standard InChI is InChI=1S/C25H36N4O2/c1-5-9-29-14-17(26-25(31)28(7-3)8-4)12-18-19-10-16(15-30)11-22-24(19)20(13-23(18)29)21(6-2)27-22/h10-11,15,17-18,23,27H,5-9,12-14H2,1-4H3,(H,26,31)/t17-,18+,23+/m0/s1. The van der Waals surface area contributed by atoms with Gasteiger partial charge in [-0.05, 0) is 69.3 Å². The van der Waals surface area contributed by atoms with Crippen LogP contribution in [0.5, 0.6) is 0 Å². The van der Waals surface area contributed by atoms with E-state index in [4.69, 9.17) is 0 Å². The summed E-state index contributed by atoms with van der Waals surface area (Å²) in [6.07, 6.45) is 4.97. The Bertz CT molecular complexity index is 962. The molecule has 0 saturated carbocycles. The van der Waals surface area contributed by atoms with E-state index < -0.39 is 0 Å². The van der Waals surface area contributed by atoms with Crippen molar-refractivity contribution in [1.29, 1.82) is 0 Å². The summed E-state index contributed by atoms with van der Waals surface area (Å²) in [5.74, 6) is 0.317. The van der Waals surface area contributed by atoms with Crippen molar-refractivity contribution in [3.8, 4) is 0 Å². The summed E-state index contributed by atoms with van der Waals surface area (Å²) in [5.41, 5.74) is 5.82. The van der Waals surface area contributed by atoms with Gasteiger partial charge in [-0.3, -0.25) is 9.69 Å². The van der Waals surface area contributed by atoms with Gasteiger partial charge in [0.25, 0.3) is 0 Å². The second kappa shape index (κ2) is 9.03. The van der Waals surface area contributed by atoms with Crippen molar-refractivity contribution in [3.05, 3.63) is 34.5 Å². The zero-order valence-electron chi connectivity index (χ0n) is 19.3. The van der Waals surface area contributed by atoms with Crippen molar-refractivity contribution in [2.24, 2.45) is 0 Å². The third-order valence-corrected chi connectivity index (χ3v) is 7.26. The number of aryl methyl sites for hydroxylation is 1. The molecule has 6 heteroatoms. The first-order valence-electron chi connectivity index (χ1n) is 12.0. The number of likely N-dealkylation sites (tertiary alicyclic amines) is 1. The summed E-state index contributed by atoms with van der Waals surface area (Å²) in [6, 6.07) is 4.65. The molecule has 3 atom stereocenters. The highest BCUT2D eigenvalue weighted by Crippen LogP contribution is 2.45. The number of carbonyl (C=O) groups is 2. The van der Waals surface area contributed by atoms with Crippen LogP contribution in [0, 0.1) is 0 Å². The van der Waals surface area contributed by atoms with E-state index in [1.165, 1.54) is 22.2 Å². The summed E-state index contributed by atoms with van der Waals surface area (Å²) in [4.78, 5) is 32.5. The summed E-state index contributed by atoms with van der Waals surface area (Å²) in [5, 5.41) is 4.63. The van der Waals surface area contributed by atoms with Crippen LogP contribution in [0.25, 0.3) is 10.9 Å². The summed E-state index contributed by atoms with van der Waals surface area (Å²) in [7, 11) is 0. The molecule has 1 aliphatic heterocycles. The molecule has 0 unspecified atom stereocenters. The highest BCUT2D eigenvalue weighted by Gasteiger charge is 2.42. The van der Waals surface area contributed by atoms with Crippen LogP contribution in [0.1, 0.15) is 73.6 Å². The second-order valence-corrected chi connectivity index (χ2v) is 9.01. The lowest BCUT2D eigenvalue weighted by Crippen LogP contribution is -2.58. The summed E-state index contributed by atoms with van der Waals surface area (Å²) < 4.78 is 0. The lowest BCUT2D eigenvalue weighted by atomic mass is 9.73. The first-order valence-corrected chi connectivity index (χ1v) is 12.0. The summed E-state index contributed by atoms with van der Waals surface area (Å²) >= 11 is 0. The molecule has 0 spiro atoms. The first kappa shape index (κ1) is 21.9. The van der Waals surface area contributed by atoms with Gasteiger partial charge in [0.15, 0.2) is 0 Å². The van der Waals surface area contributed by atoms with Crippen LogP contribution in [0.2, 0.25) is 0 Å². The minimum absolute atomic E-state index is 0.0306. The highest BCUT2D eigenvalue weighted by molar-refractivity contribution is 5.94. The number of hydrogen-bond donors (Lipinski definition) is 2. The molecule has 0 radical (unpaired) electrons. The number of fused-ring (bicyclic) bond motifs is 2. The van der Waals surface area contributed by atoms with E-state index in [1.54, 1.807) is 0 Å². The van der Waals surface area contributed by atoms with Crippen LogP contribution >= 0.6 is 0 Å². The Hall–Kier alpha value is -2.34. The maximum atomic E-state index is 12.8. The molecule has 2 aromatic rings. The fourth-order valence-corrected chi connectivity index (χ4v) is 5.85. The number of benzene rings is 1. The number of carbonyl (C=O) groups excluding carboxylic acids is 2. The van der Waals surface area contributed by atoms with E-state index in [1.807, 2.05) is 24.8 Å². The Kier molecular flexibility index (Phi) is 6.37. The SMILES string of the molecule is CCCN1C[C@@H](NC(=O)N(CC)CC)C[C@@H]2c3cc(C=O)cc4[nH]c(CC)c(c34)C[C@H]21. The van der Waals surface area contributed by atoms with E-state index in [9.17, 15) is 9.59 Å². The Balaban J connectivity index is 1.73. The molecule has 31 heavy (non-hydrogen) atoms. The fourth-order valence-electron chi connectivity index (χ4n) is 5.85. The molecule has 2 aliphatic rings. The molecule has 6 nitrogen and oxygen atoms in total. The minimum Gasteiger partial charge on any atom is -0.358 e. The number of piperidine rings is 1. The third-order valence-electron chi connectivity index (χ3n) is 7.26. The monoisotopic (exact) mass is 424 g/mol. The van der Waals surface area contributed by atoms with Crippen molar-refractivity contribution < 1.29 is 9.59 Å². The van der Waals surface area contributed by atoms with E-state index in [0.717, 1.165) is 56.1 Å². The van der Waals surface area contributed by atoms with Crippen LogP contribution in [0.4, 0.5) is 4.79 Å². The molecule has 1 aromatic heterocycles. The lowest BCUT2D eigenvalue weighted by Gasteiger charge is -2.47. The molecule has 2 N–H and O–H groups in total. The Morgan fingerprint density at radius 2 is 2.03 bits per heavy atom. The van der Waals surface area contributed by atoms with E-state index in [2.05, 4.69) is 35.1 Å². The first-order chi connectivity index (χ1) is 15.0. The van der Waals surface area contributed by atoms with E-state index in [-0.39, 0.29) is 12.1 Å². The third kappa shape index (κ3) is 3.86. The predicted molar refractivity (Wildman–Crippen MR) is 125 cm³/mol. The summed E-state index contributed by atoms with van der Waals surface area (Å²) in [6.45, 7) is 11.8. The molecular weight excluding hydrogens is 388 g/mol. The Morgan fingerprint density at radius 3 is 2.68 bits per heavy atom. The zero-order chi connectivity index (χ0) is 22.1. The average molecular weight is 425 g/mol. The highest BCUT2D eigenvalue weighted by atomic mass is 16.2. The molecular formula is C25H36N4O2. The number of nitrogens with one attached hydrogen (secondary N) is 2. The van der Waals surface area contributed by atoms with Crippen LogP contribution in [-0.2, 0) is 12.8 Å². The van der Waals surface area contributed by atoms with Crippen molar-refractivity contribution in [3.63, 3.8) is 0 Å². The molecule has 2 amide bonds. The van der Waals surface area contributed by atoms with Crippen molar-refractivity contribution >= 4 is 23.2 Å². The number of hydrogen-bond acceptors (Lipinski definition) is 3.